The van der Waals surface area contributed by atoms with E-state index in [1.54, 1.807) is 58.0 Å². The summed E-state index contributed by atoms with van der Waals surface area (Å²) in [5.41, 5.74) is 34.3. The molecule has 0 saturated carbocycles. The zero-order valence-corrected chi connectivity index (χ0v) is 39.9. The van der Waals surface area contributed by atoms with E-state index >= 15 is 0 Å². The van der Waals surface area contributed by atoms with Gasteiger partial charge < -0.3 is 70.8 Å². The molecule has 2 aliphatic heterocycles. The van der Waals surface area contributed by atoms with Crippen LogP contribution in [-0.4, -0.2) is 143 Å². The van der Waals surface area contributed by atoms with Crippen molar-refractivity contribution in [2.75, 3.05) is 19.6 Å². The van der Waals surface area contributed by atoms with Crippen molar-refractivity contribution in [1.82, 2.24) is 36.4 Å². The van der Waals surface area contributed by atoms with Gasteiger partial charge in [-0.2, -0.15) is 0 Å². The molecule has 10 amide bonds. The predicted octanol–water partition coefficient (Wildman–Crippen LogP) is -3.66. The number of hydrogen-bond acceptors (Lipinski definition) is 12. The summed E-state index contributed by atoms with van der Waals surface area (Å²) >= 11 is 0. The van der Waals surface area contributed by atoms with Crippen molar-refractivity contribution in [2.24, 2.45) is 51.2 Å². The number of hydrogen-bond donors (Lipinski definition) is 11. The maximum atomic E-state index is 14.4. The van der Waals surface area contributed by atoms with E-state index in [1.807, 2.05) is 0 Å². The van der Waals surface area contributed by atoms with Crippen LogP contribution >= 0.6 is 0 Å². The van der Waals surface area contributed by atoms with E-state index in [0.29, 0.717) is 18.4 Å². The number of primary amides is 3. The molecule has 8 atom stereocenters. The van der Waals surface area contributed by atoms with Crippen molar-refractivity contribution in [3.05, 3.63) is 35.9 Å². The summed E-state index contributed by atoms with van der Waals surface area (Å²) in [6, 6.07) is -0.942. The average molecular weight is 969 g/mol. The molecule has 2 aliphatic rings. The highest BCUT2D eigenvalue weighted by molar-refractivity contribution is 5.99. The molecule has 17 N–H and O–H groups in total. The first-order valence-electron chi connectivity index (χ1n) is 23.3. The molecule has 69 heavy (non-hydrogen) atoms. The van der Waals surface area contributed by atoms with Gasteiger partial charge in [-0.05, 0) is 68.8 Å². The quantitative estimate of drug-likeness (QED) is 0.0231. The number of amides is 10. The molecule has 24 nitrogen and oxygen atoms in total. The molecule has 382 valence electrons. The number of aliphatic imine (C=N–C) groups is 1. The summed E-state index contributed by atoms with van der Waals surface area (Å²) in [6.45, 7) is 7.56. The van der Waals surface area contributed by atoms with Gasteiger partial charge in [0.2, 0.25) is 59.1 Å². The number of likely N-dealkylation sites (tertiary alicyclic amines) is 2. The maximum absolute atomic E-state index is 14.4. The first-order chi connectivity index (χ1) is 32.5. The van der Waals surface area contributed by atoms with Crippen LogP contribution in [0.25, 0.3) is 0 Å². The number of nitrogens with zero attached hydrogens (tertiary/aromatic N) is 3. The Kier molecular flexibility index (Phi) is 22.3. The fraction of sp³-hybridized carbons (Fsp3) is 0.622. The summed E-state index contributed by atoms with van der Waals surface area (Å²) in [5, 5.41) is 13.0. The zero-order valence-electron chi connectivity index (χ0n) is 39.9. The van der Waals surface area contributed by atoms with Crippen LogP contribution < -0.4 is 61.0 Å². The van der Waals surface area contributed by atoms with Gasteiger partial charge >= 0.3 is 0 Å². The summed E-state index contributed by atoms with van der Waals surface area (Å²) in [5.74, 6) is -8.29. The van der Waals surface area contributed by atoms with Crippen molar-refractivity contribution in [1.29, 1.82) is 0 Å². The fourth-order valence-corrected chi connectivity index (χ4v) is 8.14. The number of guanidine groups is 1. The lowest BCUT2D eigenvalue weighted by atomic mass is 10.0. The van der Waals surface area contributed by atoms with Gasteiger partial charge in [-0.1, -0.05) is 58.0 Å². The monoisotopic (exact) mass is 969 g/mol. The molecule has 2 saturated heterocycles. The highest BCUT2D eigenvalue weighted by atomic mass is 16.2. The minimum atomic E-state index is -1.53. The summed E-state index contributed by atoms with van der Waals surface area (Å²) < 4.78 is 0. The van der Waals surface area contributed by atoms with Crippen LogP contribution in [0.4, 0.5) is 0 Å². The Hall–Kier alpha value is -6.85. The van der Waals surface area contributed by atoms with E-state index in [4.69, 9.17) is 34.4 Å². The Morgan fingerprint density at radius 1 is 0.638 bits per heavy atom. The minimum absolute atomic E-state index is 0.0365. The number of rotatable bonds is 27. The molecule has 24 heteroatoms. The third-order valence-corrected chi connectivity index (χ3v) is 11.9. The molecule has 2 fully saturated rings. The molecule has 1 aromatic carbocycles. The third kappa shape index (κ3) is 18.0. The molecule has 0 aromatic heterocycles. The normalized spacial score (nSPS) is 18.2. The Bertz CT molecular complexity index is 2030. The SMILES string of the molecule is CC(C)CC(NC(=O)C(CC(N)=O)NC(=O)C1CCCN1C(=O)C(N)C(C)C)C(=O)N1CCCC1C(=O)NC(CCC(N)=O)C(=O)NC(CCCN=C(N)N)C(=O)NC(Cc1ccccc1)C(N)=O. The molecule has 0 spiro atoms. The first-order valence-corrected chi connectivity index (χ1v) is 23.3. The van der Waals surface area contributed by atoms with Gasteiger partial charge in [0.1, 0.15) is 42.3 Å². The van der Waals surface area contributed by atoms with Crippen LogP contribution in [0, 0.1) is 11.8 Å². The standard InChI is InChI=1S/C45H72N14O10/c1-24(2)21-31(57-40(65)30(23-35(47)61)56-42(67)33-15-10-20-59(33)44(69)36(48)25(3)4)43(68)58-19-9-14-32(58)41(66)54-28(16-17-34(46)60)39(64)53-27(13-8-18-52-45(50)51)38(63)55-29(37(49)62)22-26-11-6-5-7-12-26/h5-7,11-12,24-25,27-33,36H,8-10,13-23,48H2,1-4H3,(H2,46,60)(H2,47,61)(H2,49,62)(H,53,64)(H,54,66)(H,55,63)(H,56,67)(H,57,65)(H4,50,51,52). The Balaban J connectivity index is 1.83. The number of nitrogens with two attached hydrogens (primary N) is 6. The molecule has 0 aliphatic carbocycles. The molecule has 1 aromatic rings. The van der Waals surface area contributed by atoms with E-state index in [0.717, 1.165) is 0 Å². The Labute approximate surface area is 401 Å². The molecule has 8 unspecified atom stereocenters. The van der Waals surface area contributed by atoms with Gasteiger partial charge in [-0.25, -0.2) is 0 Å². The Morgan fingerprint density at radius 3 is 1.65 bits per heavy atom. The molecule has 2 heterocycles. The van der Waals surface area contributed by atoms with E-state index in [-0.39, 0.29) is 88.8 Å². The van der Waals surface area contributed by atoms with Crippen LogP contribution in [0.2, 0.25) is 0 Å². The highest BCUT2D eigenvalue weighted by Crippen LogP contribution is 2.23. The van der Waals surface area contributed by atoms with Crippen molar-refractivity contribution >= 4 is 65.0 Å². The van der Waals surface area contributed by atoms with Crippen molar-refractivity contribution < 1.29 is 47.9 Å². The second-order valence-electron chi connectivity index (χ2n) is 18.3. The van der Waals surface area contributed by atoms with E-state index in [2.05, 4.69) is 31.6 Å². The molecule has 3 rings (SSSR count). The van der Waals surface area contributed by atoms with Crippen molar-refractivity contribution in [3.8, 4) is 0 Å². The Morgan fingerprint density at radius 2 is 1.14 bits per heavy atom. The van der Waals surface area contributed by atoms with Crippen molar-refractivity contribution in [2.45, 2.75) is 147 Å². The molecule has 0 bridgehead atoms. The van der Waals surface area contributed by atoms with Gasteiger partial charge in [-0.3, -0.25) is 52.9 Å². The van der Waals surface area contributed by atoms with Crippen LogP contribution in [0.3, 0.4) is 0 Å². The van der Waals surface area contributed by atoms with Gasteiger partial charge in [0.25, 0.3) is 0 Å². The number of carbonyl (C=O) groups excluding carboxylic acids is 10. The van der Waals surface area contributed by atoms with E-state index in [9.17, 15) is 47.9 Å². The average Bonchev–Trinajstić information content (AvgIpc) is 3.98. The topological polar surface area (TPSA) is 406 Å². The largest absolute Gasteiger partial charge is 0.370 e. The molecule has 0 radical (unpaired) electrons. The number of nitrogens with one attached hydrogen (secondary N) is 5. The lowest BCUT2D eigenvalue weighted by molar-refractivity contribution is -0.143. The maximum Gasteiger partial charge on any atom is 0.245 e. The van der Waals surface area contributed by atoms with Crippen LogP contribution in [-0.2, 0) is 54.4 Å². The second-order valence-corrected chi connectivity index (χ2v) is 18.3. The summed E-state index contributed by atoms with van der Waals surface area (Å²) in [7, 11) is 0. The highest BCUT2D eigenvalue weighted by Gasteiger charge is 2.42. The minimum Gasteiger partial charge on any atom is -0.370 e. The first kappa shape index (κ1) is 56.5. The summed E-state index contributed by atoms with van der Waals surface area (Å²) in [4.78, 5) is 140. The predicted molar refractivity (Wildman–Crippen MR) is 253 cm³/mol. The second kappa shape index (κ2) is 27.2. The summed E-state index contributed by atoms with van der Waals surface area (Å²) in [6.07, 6.45) is 0.262. The third-order valence-electron chi connectivity index (χ3n) is 11.9. The van der Waals surface area contributed by atoms with Gasteiger partial charge in [0, 0.05) is 32.5 Å². The van der Waals surface area contributed by atoms with E-state index in [1.165, 1.54) is 9.80 Å². The lowest BCUT2D eigenvalue weighted by Gasteiger charge is -2.32. The van der Waals surface area contributed by atoms with Gasteiger partial charge in [-0.15, -0.1) is 0 Å². The van der Waals surface area contributed by atoms with E-state index < -0.39 is 114 Å². The van der Waals surface area contributed by atoms with Gasteiger partial charge in [0.15, 0.2) is 5.96 Å². The lowest BCUT2D eigenvalue weighted by Crippen LogP contribution is -2.60. The zero-order chi connectivity index (χ0) is 51.5. The molecular weight excluding hydrogens is 897 g/mol. The number of carbonyl (C=O) groups is 10. The molecular formula is C45H72N14O10. The number of benzene rings is 1. The van der Waals surface area contributed by atoms with Gasteiger partial charge in [0.05, 0.1) is 12.5 Å². The van der Waals surface area contributed by atoms with Crippen LogP contribution in [0.1, 0.15) is 97.5 Å². The fourth-order valence-electron chi connectivity index (χ4n) is 8.14. The van der Waals surface area contributed by atoms with Crippen LogP contribution in [0.5, 0.6) is 0 Å². The van der Waals surface area contributed by atoms with Crippen molar-refractivity contribution in [3.63, 3.8) is 0 Å². The smallest absolute Gasteiger partial charge is 0.245 e. The van der Waals surface area contributed by atoms with Crippen LogP contribution in [0.15, 0.2) is 35.3 Å².